The van der Waals surface area contributed by atoms with E-state index in [0.29, 0.717) is 13.1 Å². The van der Waals surface area contributed by atoms with E-state index < -0.39 is 0 Å². The number of aromatic nitrogens is 1. The molecule has 120 valence electrons. The molecule has 0 fully saturated rings. The number of urea groups is 1. The number of carbonyl (C=O) groups excluding carboxylic acids is 1. The van der Waals surface area contributed by atoms with Crippen LogP contribution >= 0.6 is 22.7 Å². The number of carbonyl (C=O) groups is 1. The van der Waals surface area contributed by atoms with Gasteiger partial charge in [-0.15, -0.1) is 22.7 Å². The third kappa shape index (κ3) is 5.42. The Hall–Kier alpha value is -1.40. The van der Waals surface area contributed by atoms with E-state index in [4.69, 9.17) is 0 Å². The highest BCUT2D eigenvalue weighted by molar-refractivity contribution is 7.16. The van der Waals surface area contributed by atoms with Gasteiger partial charge in [-0.2, -0.15) is 0 Å². The molecule has 0 bridgehead atoms. The number of nitrogens with zero attached hydrogens (tertiary/aromatic N) is 1. The topological polar surface area (TPSA) is 54.0 Å². The van der Waals surface area contributed by atoms with Gasteiger partial charge in [0, 0.05) is 23.3 Å². The predicted octanol–water partition coefficient (Wildman–Crippen LogP) is 4.07. The van der Waals surface area contributed by atoms with Crippen molar-refractivity contribution < 1.29 is 4.79 Å². The third-order valence-electron chi connectivity index (χ3n) is 2.97. The molecule has 2 heterocycles. The van der Waals surface area contributed by atoms with Gasteiger partial charge in [0.2, 0.25) is 0 Å². The van der Waals surface area contributed by atoms with Crippen LogP contribution < -0.4 is 10.6 Å². The lowest BCUT2D eigenvalue weighted by atomic mass is 9.97. The zero-order valence-electron chi connectivity index (χ0n) is 13.5. The minimum absolute atomic E-state index is 0.0955. The predicted molar refractivity (Wildman–Crippen MR) is 94.7 cm³/mol. The standard InChI is InChI=1S/C16H23N3OS2/c1-11-19-13(9-21-11)14-6-5-12(22-14)7-8-17-15(20)18-10-16(2,3)4/h5-6,9H,7-8,10H2,1-4H3,(H2,17,18,20). The summed E-state index contributed by atoms with van der Waals surface area (Å²) in [5.41, 5.74) is 1.15. The number of thiophene rings is 1. The highest BCUT2D eigenvalue weighted by Gasteiger charge is 2.11. The quantitative estimate of drug-likeness (QED) is 0.864. The smallest absolute Gasteiger partial charge is 0.314 e. The maximum Gasteiger partial charge on any atom is 0.314 e. The maximum absolute atomic E-state index is 11.7. The molecule has 0 aromatic carbocycles. The highest BCUT2D eigenvalue weighted by Crippen LogP contribution is 2.29. The molecule has 22 heavy (non-hydrogen) atoms. The first-order valence-corrected chi connectivity index (χ1v) is 9.06. The highest BCUT2D eigenvalue weighted by atomic mass is 32.1. The molecule has 2 aromatic heterocycles. The summed E-state index contributed by atoms with van der Waals surface area (Å²) in [7, 11) is 0. The second-order valence-corrected chi connectivity index (χ2v) is 8.67. The van der Waals surface area contributed by atoms with Crippen molar-refractivity contribution in [3.05, 3.63) is 27.4 Å². The van der Waals surface area contributed by atoms with Gasteiger partial charge in [0.15, 0.2) is 0 Å². The number of hydrogen-bond donors (Lipinski definition) is 2. The third-order valence-corrected chi connectivity index (χ3v) is 4.91. The van der Waals surface area contributed by atoms with Gasteiger partial charge in [-0.3, -0.25) is 0 Å². The molecular weight excluding hydrogens is 314 g/mol. The van der Waals surface area contributed by atoms with E-state index in [9.17, 15) is 4.79 Å². The Morgan fingerprint density at radius 3 is 2.68 bits per heavy atom. The van der Waals surface area contributed by atoms with Crippen LogP contribution in [0.1, 0.15) is 30.7 Å². The second-order valence-electron chi connectivity index (χ2n) is 6.44. The van der Waals surface area contributed by atoms with Crippen LogP contribution in [0.2, 0.25) is 0 Å². The van der Waals surface area contributed by atoms with Gasteiger partial charge >= 0.3 is 6.03 Å². The van der Waals surface area contributed by atoms with Crippen molar-refractivity contribution in [3.63, 3.8) is 0 Å². The van der Waals surface area contributed by atoms with Gasteiger partial charge in [-0.05, 0) is 30.9 Å². The SMILES string of the molecule is Cc1nc(-c2ccc(CCNC(=O)NCC(C)(C)C)s2)cs1. The van der Waals surface area contributed by atoms with E-state index >= 15 is 0 Å². The molecule has 4 nitrogen and oxygen atoms in total. The van der Waals surface area contributed by atoms with E-state index in [1.165, 1.54) is 9.75 Å². The zero-order valence-corrected chi connectivity index (χ0v) is 15.2. The normalized spacial score (nSPS) is 11.5. The Morgan fingerprint density at radius 2 is 2.05 bits per heavy atom. The fourth-order valence-corrected chi connectivity index (χ4v) is 3.49. The molecule has 0 atom stereocenters. The van der Waals surface area contributed by atoms with E-state index in [1.807, 2.05) is 6.92 Å². The summed E-state index contributed by atoms with van der Waals surface area (Å²) in [6.07, 6.45) is 0.844. The molecule has 2 aromatic rings. The number of hydrogen-bond acceptors (Lipinski definition) is 4. The number of thiazole rings is 1. The molecule has 0 spiro atoms. The van der Waals surface area contributed by atoms with Crippen molar-refractivity contribution in [3.8, 4) is 10.6 Å². The summed E-state index contributed by atoms with van der Waals surface area (Å²) in [6, 6.07) is 4.12. The van der Waals surface area contributed by atoms with Crippen molar-refractivity contribution >= 4 is 28.7 Å². The lowest BCUT2D eigenvalue weighted by Gasteiger charge is -2.18. The molecule has 2 rings (SSSR count). The van der Waals surface area contributed by atoms with E-state index in [0.717, 1.165) is 17.1 Å². The molecule has 0 aliphatic carbocycles. The minimum Gasteiger partial charge on any atom is -0.338 e. The minimum atomic E-state index is -0.0955. The zero-order chi connectivity index (χ0) is 16.2. The molecule has 0 aliphatic rings. The molecular formula is C16H23N3OS2. The van der Waals surface area contributed by atoms with Crippen molar-refractivity contribution in [1.29, 1.82) is 0 Å². The van der Waals surface area contributed by atoms with Gasteiger partial charge in [0.25, 0.3) is 0 Å². The average molecular weight is 338 g/mol. The Kier molecular flexibility index (Phi) is 5.58. The summed E-state index contributed by atoms with van der Waals surface area (Å²) in [6.45, 7) is 9.63. The largest absolute Gasteiger partial charge is 0.338 e. The Bertz CT molecular complexity index is 625. The van der Waals surface area contributed by atoms with Crippen LogP contribution in [-0.2, 0) is 6.42 Å². The molecule has 2 amide bonds. The average Bonchev–Trinajstić information content (AvgIpc) is 3.04. The number of amides is 2. The van der Waals surface area contributed by atoms with Crippen LogP contribution in [-0.4, -0.2) is 24.1 Å². The maximum atomic E-state index is 11.7. The molecule has 0 radical (unpaired) electrons. The van der Waals surface area contributed by atoms with Crippen molar-refractivity contribution in [2.45, 2.75) is 34.1 Å². The first-order valence-electron chi connectivity index (χ1n) is 7.36. The van der Waals surface area contributed by atoms with Crippen molar-refractivity contribution in [2.24, 2.45) is 5.41 Å². The summed E-state index contributed by atoms with van der Waals surface area (Å²) in [4.78, 5) is 18.6. The summed E-state index contributed by atoms with van der Waals surface area (Å²) >= 11 is 3.41. The number of rotatable bonds is 5. The summed E-state index contributed by atoms with van der Waals surface area (Å²) < 4.78 is 0. The Morgan fingerprint density at radius 1 is 1.27 bits per heavy atom. The monoisotopic (exact) mass is 337 g/mol. The van der Waals surface area contributed by atoms with Gasteiger partial charge in [-0.1, -0.05) is 20.8 Å². The first kappa shape index (κ1) is 17.0. The van der Waals surface area contributed by atoms with Crippen LogP contribution in [0.3, 0.4) is 0 Å². The molecule has 0 saturated carbocycles. The molecule has 0 aliphatic heterocycles. The lowest BCUT2D eigenvalue weighted by molar-refractivity contribution is 0.235. The lowest BCUT2D eigenvalue weighted by Crippen LogP contribution is -2.40. The van der Waals surface area contributed by atoms with E-state index in [1.54, 1.807) is 22.7 Å². The number of nitrogens with one attached hydrogen (secondary N) is 2. The van der Waals surface area contributed by atoms with Crippen molar-refractivity contribution in [1.82, 2.24) is 15.6 Å². The summed E-state index contributed by atoms with van der Waals surface area (Å²) in [5, 5.41) is 8.96. The number of aryl methyl sites for hydroxylation is 1. The fourth-order valence-electron chi connectivity index (χ4n) is 1.83. The fraction of sp³-hybridized carbons (Fsp3) is 0.500. The van der Waals surface area contributed by atoms with Crippen molar-refractivity contribution in [2.75, 3.05) is 13.1 Å². The van der Waals surface area contributed by atoms with E-state index in [2.05, 4.69) is 53.9 Å². The van der Waals surface area contributed by atoms with E-state index in [-0.39, 0.29) is 11.4 Å². The van der Waals surface area contributed by atoms with Crippen LogP contribution in [0.25, 0.3) is 10.6 Å². The Labute approximate surface area is 140 Å². The van der Waals surface area contributed by atoms with Crippen LogP contribution in [0, 0.1) is 12.3 Å². The van der Waals surface area contributed by atoms with Crippen LogP contribution in [0.15, 0.2) is 17.5 Å². The second kappa shape index (κ2) is 7.24. The molecule has 0 saturated heterocycles. The molecule has 6 heteroatoms. The van der Waals surface area contributed by atoms with Gasteiger partial charge in [0.05, 0.1) is 15.6 Å². The first-order chi connectivity index (χ1) is 10.3. The van der Waals surface area contributed by atoms with Gasteiger partial charge in [-0.25, -0.2) is 9.78 Å². The summed E-state index contributed by atoms with van der Waals surface area (Å²) in [5.74, 6) is 0. The van der Waals surface area contributed by atoms with Crippen LogP contribution in [0.5, 0.6) is 0 Å². The van der Waals surface area contributed by atoms with Crippen LogP contribution in [0.4, 0.5) is 4.79 Å². The van der Waals surface area contributed by atoms with Gasteiger partial charge < -0.3 is 10.6 Å². The van der Waals surface area contributed by atoms with Gasteiger partial charge in [0.1, 0.15) is 0 Å². The molecule has 0 unspecified atom stereocenters. The Balaban J connectivity index is 1.76. The molecule has 2 N–H and O–H groups in total.